The maximum atomic E-state index is 5.56. The number of methoxy groups -OCH3 is 2. The van der Waals surface area contributed by atoms with E-state index in [2.05, 4.69) is 76.0 Å². The van der Waals surface area contributed by atoms with Crippen LogP contribution < -0.4 is 18.9 Å². The predicted molar refractivity (Wildman–Crippen MR) is 143 cm³/mol. The minimum Gasteiger partial charge on any atom is -0.493 e. The number of halogens is 1. The maximum absolute atomic E-state index is 5.56. The minimum atomic E-state index is 0.314. The fourth-order valence-corrected chi connectivity index (χ4v) is 4.56. The lowest BCUT2D eigenvalue weighted by atomic mass is 10.1. The molecule has 0 saturated carbocycles. The van der Waals surface area contributed by atoms with Gasteiger partial charge in [-0.15, -0.1) is 0 Å². The molecule has 0 N–H and O–H groups in total. The maximum Gasteiger partial charge on any atom is 0.231 e. The van der Waals surface area contributed by atoms with Crippen molar-refractivity contribution < 1.29 is 18.9 Å². The summed E-state index contributed by atoms with van der Waals surface area (Å²) < 4.78 is 23.2. The van der Waals surface area contributed by atoms with Crippen molar-refractivity contribution in [2.24, 2.45) is 0 Å². The summed E-state index contributed by atoms with van der Waals surface area (Å²) in [6, 6.07) is 21.3. The summed E-state index contributed by atoms with van der Waals surface area (Å²) in [5.41, 5.74) is 3.93. The average Bonchev–Trinajstić information content (AvgIpc) is 3.34. The van der Waals surface area contributed by atoms with Crippen molar-refractivity contribution in [2.75, 3.05) is 40.6 Å². The summed E-state index contributed by atoms with van der Waals surface area (Å²) in [7, 11) is 3.35. The van der Waals surface area contributed by atoms with Crippen molar-refractivity contribution >= 4 is 22.6 Å². The molecule has 0 bridgehead atoms. The highest BCUT2D eigenvalue weighted by Gasteiger charge is 2.14. The summed E-state index contributed by atoms with van der Waals surface area (Å²) >= 11 is 2.36. The highest BCUT2D eigenvalue weighted by molar-refractivity contribution is 14.1. The van der Waals surface area contributed by atoms with E-state index in [0.29, 0.717) is 6.79 Å². The monoisotopic (exact) mass is 573 g/mol. The zero-order chi connectivity index (χ0) is 23.8. The normalized spacial score (nSPS) is 12.2. The second-order valence-electron chi connectivity index (χ2n) is 8.45. The van der Waals surface area contributed by atoms with Crippen LogP contribution in [0.15, 0.2) is 60.7 Å². The van der Waals surface area contributed by atoms with Gasteiger partial charge in [-0.25, -0.2) is 0 Å². The predicted octanol–water partition coefficient (Wildman–Crippen LogP) is 5.76. The quantitative estimate of drug-likeness (QED) is 0.258. The number of aryl methyl sites for hydroxylation is 1. The zero-order valence-electron chi connectivity index (χ0n) is 19.9. The van der Waals surface area contributed by atoms with Crippen LogP contribution >= 0.6 is 22.6 Å². The van der Waals surface area contributed by atoms with E-state index in [1.165, 1.54) is 20.3 Å². The summed E-state index contributed by atoms with van der Waals surface area (Å²) in [5, 5.41) is 0. The van der Waals surface area contributed by atoms with Gasteiger partial charge >= 0.3 is 0 Å². The molecule has 6 heteroatoms. The van der Waals surface area contributed by atoms with Crippen LogP contribution in [0.5, 0.6) is 23.0 Å². The third-order valence-electron chi connectivity index (χ3n) is 6.17. The SMILES string of the molecule is COc1ccc(CCN(CCCc2ccc(I)cc2)CCc2ccc3c(c2)OCO3)cc1OC. The number of fused-ring (bicyclic) bond motifs is 1. The highest BCUT2D eigenvalue weighted by atomic mass is 127. The molecule has 1 aliphatic heterocycles. The lowest BCUT2D eigenvalue weighted by Gasteiger charge is -2.23. The van der Waals surface area contributed by atoms with Gasteiger partial charge in [0.2, 0.25) is 6.79 Å². The number of hydrogen-bond acceptors (Lipinski definition) is 5. The Bertz CT molecular complexity index is 1070. The molecule has 0 atom stereocenters. The van der Waals surface area contributed by atoms with Gasteiger partial charge in [0.05, 0.1) is 14.2 Å². The third-order valence-corrected chi connectivity index (χ3v) is 6.89. The summed E-state index contributed by atoms with van der Waals surface area (Å²) in [5.74, 6) is 3.24. The molecule has 4 rings (SSSR count). The number of benzene rings is 3. The van der Waals surface area contributed by atoms with E-state index < -0.39 is 0 Å². The Kier molecular flexibility index (Phi) is 8.93. The second kappa shape index (κ2) is 12.3. The van der Waals surface area contributed by atoms with Crippen LogP contribution in [-0.2, 0) is 19.3 Å². The molecule has 0 radical (unpaired) electrons. The van der Waals surface area contributed by atoms with Gasteiger partial charge < -0.3 is 23.8 Å². The van der Waals surface area contributed by atoms with E-state index in [-0.39, 0.29) is 0 Å². The molecule has 0 aliphatic carbocycles. The molecular formula is C28H32INO4. The van der Waals surface area contributed by atoms with Crippen LogP contribution in [0.3, 0.4) is 0 Å². The van der Waals surface area contributed by atoms with Gasteiger partial charge in [0.25, 0.3) is 0 Å². The van der Waals surface area contributed by atoms with Crippen molar-refractivity contribution in [1.29, 1.82) is 0 Å². The Balaban J connectivity index is 1.37. The van der Waals surface area contributed by atoms with E-state index in [9.17, 15) is 0 Å². The molecule has 3 aromatic carbocycles. The van der Waals surface area contributed by atoms with E-state index in [1.807, 2.05) is 12.1 Å². The van der Waals surface area contributed by atoms with Gasteiger partial charge in [-0.2, -0.15) is 0 Å². The van der Waals surface area contributed by atoms with E-state index >= 15 is 0 Å². The van der Waals surface area contributed by atoms with E-state index in [4.69, 9.17) is 18.9 Å². The van der Waals surface area contributed by atoms with Gasteiger partial charge in [0, 0.05) is 16.7 Å². The third kappa shape index (κ3) is 6.79. The number of rotatable bonds is 12. The van der Waals surface area contributed by atoms with Crippen molar-refractivity contribution in [3.63, 3.8) is 0 Å². The first-order chi connectivity index (χ1) is 16.6. The largest absolute Gasteiger partial charge is 0.493 e. The molecule has 5 nitrogen and oxygen atoms in total. The lowest BCUT2D eigenvalue weighted by molar-refractivity contribution is 0.174. The second-order valence-corrected chi connectivity index (χ2v) is 9.69. The molecule has 3 aromatic rings. The Morgan fingerprint density at radius 3 is 2.09 bits per heavy atom. The first-order valence-corrected chi connectivity index (χ1v) is 12.8. The summed E-state index contributed by atoms with van der Waals surface area (Å²) in [6.07, 6.45) is 4.17. The average molecular weight is 573 g/mol. The summed E-state index contributed by atoms with van der Waals surface area (Å²) in [4.78, 5) is 2.56. The topological polar surface area (TPSA) is 40.2 Å². The van der Waals surface area contributed by atoms with Crippen molar-refractivity contribution in [2.45, 2.75) is 25.7 Å². The molecule has 0 unspecified atom stereocenters. The van der Waals surface area contributed by atoms with Crippen LogP contribution in [0, 0.1) is 3.57 Å². The Hall–Kier alpha value is -2.45. The summed E-state index contributed by atoms with van der Waals surface area (Å²) in [6.45, 7) is 3.37. The van der Waals surface area contributed by atoms with Crippen LogP contribution in [0.25, 0.3) is 0 Å². The molecule has 0 fully saturated rings. The number of hydrogen-bond donors (Lipinski definition) is 0. The Morgan fingerprint density at radius 1 is 0.706 bits per heavy atom. The van der Waals surface area contributed by atoms with Gasteiger partial charge in [-0.3, -0.25) is 0 Å². The van der Waals surface area contributed by atoms with Crippen LogP contribution in [0.2, 0.25) is 0 Å². The molecule has 180 valence electrons. The fourth-order valence-electron chi connectivity index (χ4n) is 4.20. The van der Waals surface area contributed by atoms with Gasteiger partial charge in [-0.05, 0) is 108 Å². The molecule has 34 heavy (non-hydrogen) atoms. The molecule has 0 aromatic heterocycles. The lowest BCUT2D eigenvalue weighted by Crippen LogP contribution is -2.30. The van der Waals surface area contributed by atoms with E-state index in [0.717, 1.165) is 68.3 Å². The van der Waals surface area contributed by atoms with Crippen molar-refractivity contribution in [3.8, 4) is 23.0 Å². The minimum absolute atomic E-state index is 0.314. The smallest absolute Gasteiger partial charge is 0.231 e. The van der Waals surface area contributed by atoms with Crippen molar-refractivity contribution in [3.05, 3.63) is 80.9 Å². The highest BCUT2D eigenvalue weighted by Crippen LogP contribution is 2.32. The molecule has 0 saturated heterocycles. The van der Waals surface area contributed by atoms with Gasteiger partial charge in [0.15, 0.2) is 23.0 Å². The number of ether oxygens (including phenoxy) is 4. The van der Waals surface area contributed by atoms with Crippen LogP contribution in [-0.4, -0.2) is 45.5 Å². The van der Waals surface area contributed by atoms with Crippen LogP contribution in [0.1, 0.15) is 23.1 Å². The molecular weight excluding hydrogens is 541 g/mol. The van der Waals surface area contributed by atoms with Gasteiger partial charge in [0.1, 0.15) is 0 Å². The zero-order valence-corrected chi connectivity index (χ0v) is 22.0. The van der Waals surface area contributed by atoms with Gasteiger partial charge in [-0.1, -0.05) is 24.3 Å². The molecule has 1 aliphatic rings. The standard InChI is InChI=1S/C28H32INO4/c1-31-25-11-7-22(18-27(25)32-2)13-16-30(15-3-4-21-5-9-24(29)10-6-21)17-14-23-8-12-26-28(19-23)34-20-33-26/h5-12,18-19H,3-4,13-17,20H2,1-2H3. The molecule has 0 spiro atoms. The van der Waals surface area contributed by atoms with Crippen LogP contribution in [0.4, 0.5) is 0 Å². The first-order valence-electron chi connectivity index (χ1n) is 11.7. The van der Waals surface area contributed by atoms with E-state index in [1.54, 1.807) is 14.2 Å². The van der Waals surface area contributed by atoms with Crippen molar-refractivity contribution in [1.82, 2.24) is 4.90 Å². The first kappa shape index (κ1) is 24.7. The fraction of sp³-hybridized carbons (Fsp3) is 0.357. The Labute approximate surface area is 216 Å². The Morgan fingerprint density at radius 2 is 1.35 bits per heavy atom. The molecule has 0 amide bonds. The molecule has 1 heterocycles. The number of nitrogens with zero attached hydrogens (tertiary/aromatic N) is 1.